The molecule has 12 heteroatoms. The van der Waals surface area contributed by atoms with Crippen molar-refractivity contribution in [3.63, 3.8) is 0 Å². The molecule has 1 N–H and O–H groups in total. The average molecular weight is 702 g/mol. The lowest BCUT2D eigenvalue weighted by Gasteiger charge is -2.50. The number of ether oxygens (including phenoxy) is 1. The van der Waals surface area contributed by atoms with E-state index in [0.717, 1.165) is 23.1 Å². The van der Waals surface area contributed by atoms with Crippen molar-refractivity contribution < 1.29 is 18.6 Å². The van der Waals surface area contributed by atoms with E-state index < -0.39 is 30.4 Å². The number of carbonyl (C=O) groups is 1. The van der Waals surface area contributed by atoms with E-state index in [1.807, 2.05) is 61.5 Å². The molecule has 2 heterocycles. The van der Waals surface area contributed by atoms with Crippen LogP contribution in [0.15, 0.2) is 102 Å². The Hall–Kier alpha value is -4.07. The summed E-state index contributed by atoms with van der Waals surface area (Å²) in [4.78, 5) is 32.2. The summed E-state index contributed by atoms with van der Waals surface area (Å²) in [6.07, 6.45) is 1.49. The maximum absolute atomic E-state index is 13.7. The first-order chi connectivity index (χ1) is 23.6. The molecule has 0 saturated carbocycles. The van der Waals surface area contributed by atoms with E-state index in [-0.39, 0.29) is 24.9 Å². The van der Waals surface area contributed by atoms with Gasteiger partial charge in [-0.2, -0.15) is 4.98 Å². The predicted octanol–water partition coefficient (Wildman–Crippen LogP) is 6.47. The third-order valence-electron chi connectivity index (χ3n) is 8.25. The first kappa shape index (κ1) is 36.2. The standard InChI is InChI=1S/C37H41ClN5O5P/c1-5-6-10-17-29-24-43(36(45)40-35(29)39-28(2)44)34-26-42(25-33(48-34)27-47-49(38,46)41(3)4)37(30-18-11-7-12-19-30,31-20-13-8-14-21-31)32-22-15-9-16-23-32/h7-9,11-16,18-24,33-34H,5-6,25-27H2,1-4H3,(H,39,40,44,45). The van der Waals surface area contributed by atoms with Gasteiger partial charge in [0.2, 0.25) is 5.91 Å². The Kier molecular flexibility index (Phi) is 11.9. The number of hydrogen-bond donors (Lipinski definition) is 1. The van der Waals surface area contributed by atoms with Crippen LogP contribution in [-0.2, 0) is 24.2 Å². The Morgan fingerprint density at radius 2 is 1.57 bits per heavy atom. The van der Waals surface area contributed by atoms with Crippen molar-refractivity contribution in [3.05, 3.63) is 130 Å². The molecule has 0 aliphatic carbocycles. The van der Waals surface area contributed by atoms with Crippen molar-refractivity contribution >= 4 is 29.8 Å². The summed E-state index contributed by atoms with van der Waals surface area (Å²) in [5.41, 5.74) is 1.91. The minimum atomic E-state index is -3.64. The van der Waals surface area contributed by atoms with E-state index in [9.17, 15) is 14.2 Å². The van der Waals surface area contributed by atoms with Gasteiger partial charge < -0.3 is 14.6 Å². The Balaban J connectivity index is 1.71. The Morgan fingerprint density at radius 3 is 2.06 bits per heavy atom. The summed E-state index contributed by atoms with van der Waals surface area (Å²) in [5.74, 6) is 5.88. The van der Waals surface area contributed by atoms with Gasteiger partial charge in [0.15, 0.2) is 12.0 Å². The second-order valence-corrected chi connectivity index (χ2v) is 15.2. The van der Waals surface area contributed by atoms with E-state index in [1.54, 1.807) is 20.3 Å². The molecule has 0 bridgehead atoms. The highest BCUT2D eigenvalue weighted by molar-refractivity contribution is 7.83. The first-order valence-corrected chi connectivity index (χ1v) is 18.6. The summed E-state index contributed by atoms with van der Waals surface area (Å²) >= 11 is 6.30. The first-order valence-electron chi connectivity index (χ1n) is 16.1. The Morgan fingerprint density at radius 1 is 1.02 bits per heavy atom. The van der Waals surface area contributed by atoms with Crippen LogP contribution < -0.4 is 11.0 Å². The maximum Gasteiger partial charge on any atom is 0.362 e. The fourth-order valence-electron chi connectivity index (χ4n) is 6.02. The zero-order valence-corrected chi connectivity index (χ0v) is 29.7. The molecule has 1 amide bonds. The number of carbonyl (C=O) groups excluding carboxylic acids is 1. The van der Waals surface area contributed by atoms with Gasteiger partial charge in [-0.3, -0.25) is 18.8 Å². The van der Waals surface area contributed by atoms with E-state index in [0.29, 0.717) is 18.5 Å². The molecule has 49 heavy (non-hydrogen) atoms. The van der Waals surface area contributed by atoms with Gasteiger partial charge in [0.25, 0.3) is 0 Å². The highest BCUT2D eigenvalue weighted by Crippen LogP contribution is 2.54. The van der Waals surface area contributed by atoms with Crippen molar-refractivity contribution in [1.29, 1.82) is 0 Å². The molecule has 0 radical (unpaired) electrons. The van der Waals surface area contributed by atoms with Gasteiger partial charge >= 0.3 is 12.6 Å². The van der Waals surface area contributed by atoms with Gasteiger partial charge in [0.1, 0.15) is 0 Å². The molecule has 5 rings (SSSR count). The normalized spacial score (nSPS) is 17.9. The number of unbranched alkanes of at least 4 members (excludes halogenated alkanes) is 1. The third kappa shape index (κ3) is 8.22. The van der Waals surface area contributed by atoms with Crippen molar-refractivity contribution in [2.75, 3.05) is 39.1 Å². The summed E-state index contributed by atoms with van der Waals surface area (Å²) in [5, 5.41) is 2.64. The second kappa shape index (κ2) is 16.1. The Labute approximate surface area is 292 Å². The molecule has 10 nitrogen and oxygen atoms in total. The number of amides is 1. The van der Waals surface area contributed by atoms with Crippen LogP contribution in [0.5, 0.6) is 0 Å². The number of nitrogens with zero attached hydrogens (tertiary/aromatic N) is 4. The minimum absolute atomic E-state index is 0.0890. The van der Waals surface area contributed by atoms with E-state index in [2.05, 4.69) is 63.4 Å². The Bertz CT molecular complexity index is 1800. The molecule has 1 aromatic heterocycles. The van der Waals surface area contributed by atoms with E-state index in [1.165, 1.54) is 16.2 Å². The maximum atomic E-state index is 13.7. The fourth-order valence-corrected chi connectivity index (χ4v) is 6.77. The van der Waals surface area contributed by atoms with Gasteiger partial charge in [-0.05, 0) is 48.4 Å². The van der Waals surface area contributed by atoms with Crippen molar-refractivity contribution in [1.82, 2.24) is 19.1 Å². The molecule has 1 fully saturated rings. The molecular weight excluding hydrogens is 661 g/mol. The number of anilines is 1. The number of nitrogens with one attached hydrogen (secondary N) is 1. The molecule has 256 valence electrons. The lowest BCUT2D eigenvalue weighted by atomic mass is 9.75. The van der Waals surface area contributed by atoms with Gasteiger partial charge in [-0.1, -0.05) is 110 Å². The highest BCUT2D eigenvalue weighted by atomic mass is 35.7. The molecule has 1 aliphatic heterocycles. The van der Waals surface area contributed by atoms with Crippen LogP contribution in [0.3, 0.4) is 0 Å². The van der Waals surface area contributed by atoms with Crippen LogP contribution in [-0.4, -0.2) is 64.9 Å². The highest BCUT2D eigenvalue weighted by Gasteiger charge is 2.47. The zero-order chi connectivity index (χ0) is 35.0. The van der Waals surface area contributed by atoms with Gasteiger partial charge in [0, 0.05) is 32.6 Å². The van der Waals surface area contributed by atoms with Crippen molar-refractivity contribution in [2.24, 2.45) is 0 Å². The second-order valence-electron chi connectivity index (χ2n) is 11.9. The molecule has 1 saturated heterocycles. The van der Waals surface area contributed by atoms with Crippen LogP contribution in [0, 0.1) is 11.8 Å². The SMILES string of the molecule is CCCC#Cc1cn(C2CN(C(c3ccccc3)(c3ccccc3)c3ccccc3)CC(COP(=O)(Cl)N(C)C)O2)c(=O)nc1NC(C)=O. The molecule has 3 unspecified atom stereocenters. The van der Waals surface area contributed by atoms with Crippen LogP contribution >= 0.6 is 18.1 Å². The summed E-state index contributed by atoms with van der Waals surface area (Å²) < 4.78 is 28.2. The predicted molar refractivity (Wildman–Crippen MR) is 192 cm³/mol. The molecule has 1 aliphatic rings. The lowest BCUT2D eigenvalue weighted by Crippen LogP contribution is -2.58. The topological polar surface area (TPSA) is 106 Å². The van der Waals surface area contributed by atoms with Crippen LogP contribution in [0.4, 0.5) is 5.82 Å². The van der Waals surface area contributed by atoms with Crippen LogP contribution in [0.25, 0.3) is 0 Å². The van der Waals surface area contributed by atoms with E-state index in [4.69, 9.17) is 20.5 Å². The quantitative estimate of drug-likeness (QED) is 0.108. The fraction of sp³-hybridized carbons (Fsp3) is 0.324. The number of hydrogen-bond acceptors (Lipinski definition) is 7. The van der Waals surface area contributed by atoms with Crippen LogP contribution in [0.2, 0.25) is 0 Å². The smallest absolute Gasteiger partial charge is 0.350 e. The summed E-state index contributed by atoms with van der Waals surface area (Å²) in [6.45, 7) is 0.178. The lowest BCUT2D eigenvalue weighted by molar-refractivity contribution is -0.148. The monoisotopic (exact) mass is 701 g/mol. The number of morpholine rings is 1. The van der Waals surface area contributed by atoms with Gasteiger partial charge in [-0.15, -0.1) is 0 Å². The van der Waals surface area contributed by atoms with Crippen molar-refractivity contribution in [2.45, 2.75) is 44.6 Å². The van der Waals surface area contributed by atoms with Gasteiger partial charge in [-0.25, -0.2) is 9.46 Å². The molecular formula is C37H41ClN5O5P. The third-order valence-corrected chi connectivity index (χ3v) is 10.9. The largest absolute Gasteiger partial charge is 0.362 e. The summed E-state index contributed by atoms with van der Waals surface area (Å²) in [7, 11) is 3.16. The minimum Gasteiger partial charge on any atom is -0.350 e. The molecule has 3 aromatic carbocycles. The van der Waals surface area contributed by atoms with Crippen LogP contribution in [0.1, 0.15) is 55.2 Å². The zero-order valence-electron chi connectivity index (χ0n) is 28.1. The average Bonchev–Trinajstić information content (AvgIpc) is 3.10. The number of rotatable bonds is 11. The van der Waals surface area contributed by atoms with Gasteiger partial charge in [0.05, 0.1) is 23.8 Å². The molecule has 4 aromatic rings. The number of aromatic nitrogens is 2. The summed E-state index contributed by atoms with van der Waals surface area (Å²) in [6, 6.07) is 30.5. The van der Waals surface area contributed by atoms with Crippen molar-refractivity contribution in [3.8, 4) is 11.8 Å². The van der Waals surface area contributed by atoms with E-state index >= 15 is 0 Å². The number of halogens is 1. The molecule has 3 atom stereocenters. The number of benzene rings is 3. The molecule has 0 spiro atoms.